The summed E-state index contributed by atoms with van der Waals surface area (Å²) in [7, 11) is 0. The molecule has 0 aromatic heterocycles. The number of rotatable bonds is 6. The maximum Gasteiger partial charge on any atom is 0.408 e. The van der Waals surface area contributed by atoms with Crippen molar-refractivity contribution in [1.29, 1.82) is 0 Å². The van der Waals surface area contributed by atoms with E-state index in [2.05, 4.69) is 10.6 Å². The van der Waals surface area contributed by atoms with Gasteiger partial charge in [0.2, 0.25) is 5.91 Å². The van der Waals surface area contributed by atoms with Crippen LogP contribution in [0, 0.1) is 0 Å². The lowest BCUT2D eigenvalue weighted by Gasteiger charge is -2.22. The van der Waals surface area contributed by atoms with Crippen molar-refractivity contribution in [2.75, 3.05) is 0 Å². The van der Waals surface area contributed by atoms with Gasteiger partial charge in [-0.25, -0.2) is 9.59 Å². The molecule has 0 spiro atoms. The molecule has 132 valence electrons. The Labute approximate surface area is 141 Å². The first kappa shape index (κ1) is 19.5. The molecule has 0 aliphatic carbocycles. The fraction of sp³-hybridized carbons (Fsp3) is 0.471. The molecule has 1 aromatic rings. The van der Waals surface area contributed by atoms with Crippen LogP contribution in [0.5, 0.6) is 0 Å². The molecule has 1 aromatic carbocycles. The summed E-state index contributed by atoms with van der Waals surface area (Å²) in [5.74, 6) is -1.74. The SMILES string of the molecule is C[C@@H](NC(=O)OC(C)(C)C)C(=O)N[C@H](Cc1ccccc1)C(=O)O. The number of carboxylic acids is 1. The van der Waals surface area contributed by atoms with Crippen molar-refractivity contribution >= 4 is 18.0 Å². The zero-order valence-corrected chi connectivity index (χ0v) is 14.3. The molecule has 3 N–H and O–H groups in total. The van der Waals surface area contributed by atoms with Gasteiger partial charge in [0.1, 0.15) is 17.7 Å². The Morgan fingerprint density at radius 2 is 1.71 bits per heavy atom. The van der Waals surface area contributed by atoms with E-state index >= 15 is 0 Å². The third-order valence-electron chi connectivity index (χ3n) is 3.02. The van der Waals surface area contributed by atoms with Crippen LogP contribution in [-0.2, 0) is 20.7 Å². The second-order valence-corrected chi connectivity index (χ2v) is 6.46. The van der Waals surface area contributed by atoms with E-state index in [9.17, 15) is 19.5 Å². The molecule has 7 heteroatoms. The Balaban J connectivity index is 2.61. The molecule has 2 atom stereocenters. The number of carbonyl (C=O) groups is 3. The number of benzene rings is 1. The van der Waals surface area contributed by atoms with E-state index in [0.717, 1.165) is 5.56 Å². The molecular weight excluding hydrogens is 312 g/mol. The lowest BCUT2D eigenvalue weighted by molar-refractivity contribution is -0.142. The minimum atomic E-state index is -1.14. The number of amides is 2. The summed E-state index contributed by atoms with van der Waals surface area (Å²) >= 11 is 0. The third kappa shape index (κ3) is 7.13. The average molecular weight is 336 g/mol. The summed E-state index contributed by atoms with van der Waals surface area (Å²) in [4.78, 5) is 35.1. The minimum absolute atomic E-state index is 0.154. The van der Waals surface area contributed by atoms with Crippen molar-refractivity contribution in [3.8, 4) is 0 Å². The molecule has 0 radical (unpaired) electrons. The maximum atomic E-state index is 12.1. The Morgan fingerprint density at radius 3 is 2.21 bits per heavy atom. The smallest absolute Gasteiger partial charge is 0.408 e. The number of carboxylic acid groups (broad SMARTS) is 1. The summed E-state index contributed by atoms with van der Waals surface area (Å²) in [6.07, 6.45) is -0.582. The predicted molar refractivity (Wildman–Crippen MR) is 88.5 cm³/mol. The highest BCUT2D eigenvalue weighted by Gasteiger charge is 2.25. The number of nitrogens with one attached hydrogen (secondary N) is 2. The summed E-state index contributed by atoms with van der Waals surface area (Å²) in [5.41, 5.74) is 0.106. The summed E-state index contributed by atoms with van der Waals surface area (Å²) < 4.78 is 5.06. The van der Waals surface area contributed by atoms with Crippen molar-refractivity contribution in [2.45, 2.75) is 51.8 Å². The lowest BCUT2D eigenvalue weighted by atomic mass is 10.1. The van der Waals surface area contributed by atoms with Gasteiger partial charge in [-0.05, 0) is 33.3 Å². The van der Waals surface area contributed by atoms with E-state index in [1.54, 1.807) is 45.0 Å². The summed E-state index contributed by atoms with van der Waals surface area (Å²) in [5, 5.41) is 14.1. The van der Waals surface area contributed by atoms with Gasteiger partial charge in [0.05, 0.1) is 0 Å². The van der Waals surface area contributed by atoms with Crippen LogP contribution in [0.3, 0.4) is 0 Å². The van der Waals surface area contributed by atoms with Gasteiger partial charge in [-0.2, -0.15) is 0 Å². The van der Waals surface area contributed by atoms with Gasteiger partial charge in [0.15, 0.2) is 0 Å². The van der Waals surface area contributed by atoms with Crippen LogP contribution in [0.15, 0.2) is 30.3 Å². The second-order valence-electron chi connectivity index (χ2n) is 6.46. The standard InChI is InChI=1S/C17H24N2O5/c1-11(18-16(23)24-17(2,3)4)14(20)19-13(15(21)22)10-12-8-6-5-7-9-12/h5-9,11,13H,10H2,1-4H3,(H,18,23)(H,19,20)(H,21,22)/t11-,13-/m1/s1. The van der Waals surface area contributed by atoms with Crippen LogP contribution in [0.4, 0.5) is 4.79 Å². The molecule has 0 bridgehead atoms. The highest BCUT2D eigenvalue weighted by atomic mass is 16.6. The van der Waals surface area contributed by atoms with Gasteiger partial charge in [0, 0.05) is 6.42 Å². The maximum absolute atomic E-state index is 12.1. The highest BCUT2D eigenvalue weighted by molar-refractivity contribution is 5.89. The number of ether oxygens (including phenoxy) is 1. The first-order valence-electron chi connectivity index (χ1n) is 7.65. The van der Waals surface area contributed by atoms with E-state index < -0.39 is 35.7 Å². The number of carbonyl (C=O) groups excluding carboxylic acids is 2. The van der Waals surface area contributed by atoms with Gasteiger partial charge in [-0.15, -0.1) is 0 Å². The van der Waals surface area contributed by atoms with E-state index in [4.69, 9.17) is 4.74 Å². The Bertz CT molecular complexity index is 580. The zero-order valence-electron chi connectivity index (χ0n) is 14.3. The van der Waals surface area contributed by atoms with Gasteiger partial charge in [-0.1, -0.05) is 30.3 Å². The largest absolute Gasteiger partial charge is 0.480 e. The van der Waals surface area contributed by atoms with E-state index in [-0.39, 0.29) is 6.42 Å². The van der Waals surface area contributed by atoms with E-state index in [0.29, 0.717) is 0 Å². The second kappa shape index (κ2) is 8.33. The molecule has 0 unspecified atom stereocenters. The van der Waals surface area contributed by atoms with Crippen LogP contribution in [-0.4, -0.2) is 40.8 Å². The third-order valence-corrected chi connectivity index (χ3v) is 3.02. The number of hydrogen-bond donors (Lipinski definition) is 3. The van der Waals surface area contributed by atoms with Crippen LogP contribution in [0.2, 0.25) is 0 Å². The highest BCUT2D eigenvalue weighted by Crippen LogP contribution is 2.07. The van der Waals surface area contributed by atoms with Crippen LogP contribution in [0.1, 0.15) is 33.3 Å². The van der Waals surface area contributed by atoms with Crippen molar-refractivity contribution in [2.24, 2.45) is 0 Å². The van der Waals surface area contributed by atoms with E-state index in [1.165, 1.54) is 6.92 Å². The monoisotopic (exact) mass is 336 g/mol. The Morgan fingerprint density at radius 1 is 1.12 bits per heavy atom. The lowest BCUT2D eigenvalue weighted by Crippen LogP contribution is -2.51. The molecule has 0 aliphatic heterocycles. The Kier molecular flexibility index (Phi) is 6.76. The molecule has 0 aliphatic rings. The molecule has 0 heterocycles. The molecule has 0 fully saturated rings. The van der Waals surface area contributed by atoms with Gasteiger partial charge in [0.25, 0.3) is 0 Å². The van der Waals surface area contributed by atoms with Gasteiger partial charge in [-0.3, -0.25) is 4.79 Å². The van der Waals surface area contributed by atoms with Crippen molar-refractivity contribution in [3.05, 3.63) is 35.9 Å². The average Bonchev–Trinajstić information content (AvgIpc) is 2.45. The topological polar surface area (TPSA) is 105 Å². The summed E-state index contributed by atoms with van der Waals surface area (Å²) in [6, 6.07) is 6.98. The van der Waals surface area contributed by atoms with Gasteiger partial charge >= 0.3 is 12.1 Å². The zero-order chi connectivity index (χ0) is 18.3. The molecule has 0 saturated heterocycles. The van der Waals surface area contributed by atoms with E-state index in [1.807, 2.05) is 6.07 Å². The van der Waals surface area contributed by atoms with Crippen molar-refractivity contribution in [3.63, 3.8) is 0 Å². The number of alkyl carbamates (subject to hydrolysis) is 1. The molecule has 1 rings (SSSR count). The van der Waals surface area contributed by atoms with Crippen LogP contribution >= 0.6 is 0 Å². The fourth-order valence-electron chi connectivity index (χ4n) is 1.90. The first-order chi connectivity index (χ1) is 11.1. The predicted octanol–water partition coefficient (Wildman–Crippen LogP) is 1.71. The number of hydrogen-bond acceptors (Lipinski definition) is 4. The van der Waals surface area contributed by atoms with Crippen molar-refractivity contribution < 1.29 is 24.2 Å². The first-order valence-corrected chi connectivity index (χ1v) is 7.65. The number of aliphatic carboxylic acids is 1. The normalized spacial score (nSPS) is 13.5. The van der Waals surface area contributed by atoms with Crippen LogP contribution < -0.4 is 10.6 Å². The minimum Gasteiger partial charge on any atom is -0.480 e. The Hall–Kier alpha value is -2.57. The van der Waals surface area contributed by atoms with Crippen molar-refractivity contribution in [1.82, 2.24) is 10.6 Å². The molecule has 0 saturated carbocycles. The molecule has 2 amide bonds. The van der Waals surface area contributed by atoms with Gasteiger partial charge < -0.3 is 20.5 Å². The molecular formula is C17H24N2O5. The molecule has 7 nitrogen and oxygen atoms in total. The summed E-state index contributed by atoms with van der Waals surface area (Å²) in [6.45, 7) is 6.58. The molecule has 24 heavy (non-hydrogen) atoms. The van der Waals surface area contributed by atoms with Crippen LogP contribution in [0.25, 0.3) is 0 Å². The fourth-order valence-corrected chi connectivity index (χ4v) is 1.90. The quantitative estimate of drug-likeness (QED) is 0.733.